The van der Waals surface area contributed by atoms with Gasteiger partial charge in [-0.15, -0.1) is 0 Å². The van der Waals surface area contributed by atoms with Crippen molar-refractivity contribution in [3.63, 3.8) is 0 Å². The Labute approximate surface area is 126 Å². The molecule has 0 unspecified atom stereocenters. The third kappa shape index (κ3) is 3.41. The first-order chi connectivity index (χ1) is 10.7. The largest absolute Gasteiger partial charge is 0.337 e. The van der Waals surface area contributed by atoms with E-state index in [9.17, 15) is 9.18 Å². The lowest BCUT2D eigenvalue weighted by Gasteiger charge is -2.06. The summed E-state index contributed by atoms with van der Waals surface area (Å²) in [5.74, 6) is -0.335. The van der Waals surface area contributed by atoms with Crippen molar-refractivity contribution in [1.29, 1.82) is 0 Å². The Kier molecular flexibility index (Phi) is 4.00. The van der Waals surface area contributed by atoms with Gasteiger partial charge in [0.1, 0.15) is 11.5 Å². The van der Waals surface area contributed by atoms with Crippen molar-refractivity contribution in [1.82, 2.24) is 14.7 Å². The molecule has 2 aromatic heterocycles. The molecule has 3 aromatic rings. The highest BCUT2D eigenvalue weighted by Gasteiger charge is 2.04. The summed E-state index contributed by atoms with van der Waals surface area (Å²) < 4.78 is 14.7. The molecule has 6 heteroatoms. The number of carbonyl (C=O) groups is 1. The van der Waals surface area contributed by atoms with Crippen LogP contribution in [0.4, 0.5) is 14.9 Å². The van der Waals surface area contributed by atoms with Gasteiger partial charge in [-0.3, -0.25) is 0 Å². The highest BCUT2D eigenvalue weighted by atomic mass is 19.1. The van der Waals surface area contributed by atoms with Crippen LogP contribution in [0.2, 0.25) is 0 Å². The van der Waals surface area contributed by atoms with Crippen LogP contribution in [0.3, 0.4) is 0 Å². The summed E-state index contributed by atoms with van der Waals surface area (Å²) in [6, 6.07) is 11.1. The molecule has 0 aliphatic heterocycles. The monoisotopic (exact) mass is 298 g/mol. The molecule has 2 heterocycles. The smallest absolute Gasteiger partial charge is 0.319 e. The van der Waals surface area contributed by atoms with Crippen LogP contribution in [-0.2, 0) is 6.42 Å². The number of aromatic nitrogens is 2. The molecule has 0 saturated heterocycles. The van der Waals surface area contributed by atoms with E-state index in [0.29, 0.717) is 18.7 Å². The molecule has 1 aromatic carbocycles. The summed E-state index contributed by atoms with van der Waals surface area (Å²) in [5, 5.41) is 5.39. The van der Waals surface area contributed by atoms with E-state index in [0.717, 1.165) is 11.3 Å². The van der Waals surface area contributed by atoms with Crippen LogP contribution in [0.5, 0.6) is 0 Å². The zero-order valence-corrected chi connectivity index (χ0v) is 11.8. The van der Waals surface area contributed by atoms with Crippen LogP contribution >= 0.6 is 0 Å². The summed E-state index contributed by atoms with van der Waals surface area (Å²) in [6.07, 6.45) is 4.51. The van der Waals surface area contributed by atoms with E-state index >= 15 is 0 Å². The molecule has 0 saturated carbocycles. The van der Waals surface area contributed by atoms with Gasteiger partial charge >= 0.3 is 6.03 Å². The Balaban J connectivity index is 1.49. The van der Waals surface area contributed by atoms with Gasteiger partial charge < -0.3 is 15.0 Å². The predicted octanol–water partition coefficient (Wildman–Crippen LogP) is 2.84. The number of hydrogen-bond acceptors (Lipinski definition) is 2. The molecular formula is C16H15FN4O. The van der Waals surface area contributed by atoms with Gasteiger partial charge in [-0.25, -0.2) is 14.2 Å². The predicted molar refractivity (Wildman–Crippen MR) is 82.3 cm³/mol. The van der Waals surface area contributed by atoms with Gasteiger partial charge in [0.25, 0.3) is 0 Å². The molecule has 0 atom stereocenters. The normalized spacial score (nSPS) is 10.6. The van der Waals surface area contributed by atoms with Gasteiger partial charge in [-0.2, -0.15) is 0 Å². The zero-order chi connectivity index (χ0) is 15.4. The van der Waals surface area contributed by atoms with E-state index in [1.165, 1.54) is 24.3 Å². The number of nitrogens with zero attached hydrogens (tertiary/aromatic N) is 2. The second kappa shape index (κ2) is 6.26. The minimum Gasteiger partial charge on any atom is -0.337 e. The number of carbonyl (C=O) groups excluding carboxylic acids is 1. The van der Waals surface area contributed by atoms with Crippen molar-refractivity contribution in [3.8, 4) is 0 Å². The second-order valence-electron chi connectivity index (χ2n) is 4.84. The van der Waals surface area contributed by atoms with Crippen LogP contribution in [0.25, 0.3) is 5.65 Å². The van der Waals surface area contributed by atoms with Gasteiger partial charge in [0.05, 0.1) is 5.69 Å². The van der Waals surface area contributed by atoms with Crippen LogP contribution in [-0.4, -0.2) is 22.0 Å². The van der Waals surface area contributed by atoms with Crippen molar-refractivity contribution < 1.29 is 9.18 Å². The Morgan fingerprint density at radius 3 is 2.77 bits per heavy atom. The number of amides is 2. The van der Waals surface area contributed by atoms with E-state index in [-0.39, 0.29) is 11.8 Å². The van der Waals surface area contributed by atoms with Crippen molar-refractivity contribution in [2.45, 2.75) is 6.42 Å². The first-order valence-electron chi connectivity index (χ1n) is 6.94. The molecule has 0 radical (unpaired) electrons. The van der Waals surface area contributed by atoms with E-state index < -0.39 is 0 Å². The number of fused-ring (bicyclic) bond motifs is 1. The highest BCUT2D eigenvalue weighted by Crippen LogP contribution is 2.08. The lowest BCUT2D eigenvalue weighted by molar-refractivity contribution is 0.252. The van der Waals surface area contributed by atoms with Crippen molar-refractivity contribution in [2.24, 2.45) is 0 Å². The number of nitrogens with one attached hydrogen (secondary N) is 2. The zero-order valence-electron chi connectivity index (χ0n) is 11.8. The Morgan fingerprint density at radius 1 is 1.18 bits per heavy atom. The standard InChI is InChI=1S/C16H15FN4O/c17-12-4-6-13(7-5-12)20-16(22)18-9-8-14-11-21-10-2-1-3-15(21)19-14/h1-7,10-11H,8-9H2,(H2,18,20,22). The van der Waals surface area contributed by atoms with Crippen molar-refractivity contribution >= 4 is 17.4 Å². The lowest BCUT2D eigenvalue weighted by Crippen LogP contribution is -2.30. The highest BCUT2D eigenvalue weighted by molar-refractivity contribution is 5.89. The molecule has 0 bridgehead atoms. The van der Waals surface area contributed by atoms with Crippen molar-refractivity contribution in [2.75, 3.05) is 11.9 Å². The van der Waals surface area contributed by atoms with Crippen LogP contribution in [0.15, 0.2) is 54.9 Å². The Bertz CT molecular complexity index is 749. The van der Waals surface area contributed by atoms with Gasteiger partial charge in [0.2, 0.25) is 0 Å². The molecular weight excluding hydrogens is 283 g/mol. The number of anilines is 1. The number of imidazole rings is 1. The third-order valence-corrected chi connectivity index (χ3v) is 3.18. The Hall–Kier alpha value is -2.89. The molecule has 3 rings (SSSR count). The SMILES string of the molecule is O=C(NCCc1cn2ccccc2n1)Nc1ccc(F)cc1. The summed E-state index contributed by atoms with van der Waals surface area (Å²) in [6.45, 7) is 0.469. The van der Waals surface area contributed by atoms with E-state index in [1.54, 1.807) is 0 Å². The number of hydrogen-bond donors (Lipinski definition) is 2. The molecule has 0 spiro atoms. The number of urea groups is 1. The maximum Gasteiger partial charge on any atom is 0.319 e. The fourth-order valence-electron chi connectivity index (χ4n) is 2.12. The number of pyridine rings is 1. The number of halogens is 1. The quantitative estimate of drug-likeness (QED) is 0.778. The van der Waals surface area contributed by atoms with E-state index in [2.05, 4.69) is 15.6 Å². The fraction of sp³-hybridized carbons (Fsp3) is 0.125. The maximum atomic E-state index is 12.8. The summed E-state index contributed by atoms with van der Waals surface area (Å²) in [5.41, 5.74) is 2.34. The van der Waals surface area contributed by atoms with Gasteiger partial charge in [-0.1, -0.05) is 6.07 Å². The second-order valence-corrected chi connectivity index (χ2v) is 4.84. The molecule has 0 aliphatic rings. The molecule has 0 fully saturated rings. The first kappa shape index (κ1) is 14.1. The van der Waals surface area contributed by atoms with Gasteiger partial charge in [0, 0.05) is 31.0 Å². The summed E-state index contributed by atoms with van der Waals surface area (Å²) >= 11 is 0. The minimum absolute atomic E-state index is 0.324. The molecule has 5 nitrogen and oxygen atoms in total. The van der Waals surface area contributed by atoms with Crippen LogP contribution in [0, 0.1) is 5.82 Å². The van der Waals surface area contributed by atoms with Gasteiger partial charge in [0.15, 0.2) is 0 Å². The van der Waals surface area contributed by atoms with Crippen molar-refractivity contribution in [3.05, 3.63) is 66.4 Å². The average Bonchev–Trinajstić information content (AvgIpc) is 2.92. The van der Waals surface area contributed by atoms with Crippen LogP contribution in [0.1, 0.15) is 5.69 Å². The van der Waals surface area contributed by atoms with E-state index in [1.807, 2.05) is 35.0 Å². The van der Waals surface area contributed by atoms with Gasteiger partial charge in [-0.05, 0) is 36.4 Å². The molecule has 2 amide bonds. The topological polar surface area (TPSA) is 58.4 Å². The van der Waals surface area contributed by atoms with E-state index in [4.69, 9.17) is 0 Å². The van der Waals surface area contributed by atoms with Crippen LogP contribution < -0.4 is 10.6 Å². The molecule has 22 heavy (non-hydrogen) atoms. The average molecular weight is 298 g/mol. The lowest BCUT2D eigenvalue weighted by atomic mass is 10.3. The summed E-state index contributed by atoms with van der Waals surface area (Å²) in [4.78, 5) is 16.2. The molecule has 2 N–H and O–H groups in total. The minimum atomic E-state index is -0.335. The number of rotatable bonds is 4. The number of benzene rings is 1. The molecule has 112 valence electrons. The fourth-order valence-corrected chi connectivity index (χ4v) is 2.12. The third-order valence-electron chi connectivity index (χ3n) is 3.18. The maximum absolute atomic E-state index is 12.8. The summed E-state index contributed by atoms with van der Waals surface area (Å²) in [7, 11) is 0. The molecule has 0 aliphatic carbocycles. The first-order valence-corrected chi connectivity index (χ1v) is 6.94. The Morgan fingerprint density at radius 2 is 2.00 bits per heavy atom.